The van der Waals surface area contributed by atoms with Crippen molar-refractivity contribution in [2.45, 2.75) is 13.8 Å². The number of hydrogen-bond donors (Lipinski definition) is 1. The lowest BCUT2D eigenvalue weighted by molar-refractivity contribution is 0.103. The van der Waals surface area contributed by atoms with Crippen LogP contribution in [-0.2, 0) is 0 Å². The normalized spacial score (nSPS) is 13.8. The summed E-state index contributed by atoms with van der Waals surface area (Å²) in [4.78, 5) is 28.4. The highest BCUT2D eigenvalue weighted by atomic mass is 35.5. The maximum Gasteiger partial charge on any atom is 0.266 e. The Balaban J connectivity index is 1.37. The molecule has 3 heterocycles. The van der Waals surface area contributed by atoms with E-state index in [4.69, 9.17) is 16.3 Å². The highest BCUT2D eigenvalue weighted by Gasteiger charge is 2.25. The Kier molecular flexibility index (Phi) is 6.49. The number of piperazine rings is 1. The van der Waals surface area contributed by atoms with Crippen LogP contribution in [0, 0.1) is 13.8 Å². The monoisotopic (exact) mass is 507 g/mol. The van der Waals surface area contributed by atoms with Crippen LogP contribution in [0.1, 0.15) is 20.8 Å². The molecule has 0 unspecified atom stereocenters. The molecule has 1 aliphatic heterocycles. The zero-order valence-electron chi connectivity index (χ0n) is 19.8. The van der Waals surface area contributed by atoms with Gasteiger partial charge in [-0.25, -0.2) is 9.97 Å². The van der Waals surface area contributed by atoms with Crippen molar-refractivity contribution in [1.29, 1.82) is 0 Å². The standard InChI is InChI=1S/C26H26ClN5O2S/c1-16-20(27)5-4-6-21(16)30-25(33)23-17(2)22-24(28-15-29-26(22)35-23)32-13-11-31(12-14-32)18-7-9-19(34-3)10-8-18/h4-10,15H,11-14H2,1-3H3,(H,30,33). The van der Waals surface area contributed by atoms with Crippen LogP contribution in [0.2, 0.25) is 5.02 Å². The number of amides is 1. The molecule has 2 aromatic heterocycles. The fourth-order valence-electron chi connectivity index (χ4n) is 4.40. The highest BCUT2D eigenvalue weighted by molar-refractivity contribution is 7.20. The van der Waals surface area contributed by atoms with Crippen LogP contribution in [0.25, 0.3) is 10.2 Å². The van der Waals surface area contributed by atoms with Gasteiger partial charge in [0.05, 0.1) is 17.4 Å². The molecule has 2 aromatic carbocycles. The Hall–Kier alpha value is -3.36. The largest absolute Gasteiger partial charge is 0.497 e. The number of carbonyl (C=O) groups is 1. The summed E-state index contributed by atoms with van der Waals surface area (Å²) in [7, 11) is 1.68. The smallest absolute Gasteiger partial charge is 0.266 e. The summed E-state index contributed by atoms with van der Waals surface area (Å²) in [5, 5.41) is 4.58. The van der Waals surface area contributed by atoms with Gasteiger partial charge in [0.2, 0.25) is 0 Å². The average molecular weight is 508 g/mol. The topological polar surface area (TPSA) is 70.6 Å². The number of aromatic nitrogens is 2. The quantitative estimate of drug-likeness (QED) is 0.382. The Bertz CT molecular complexity index is 1380. The first-order valence-electron chi connectivity index (χ1n) is 11.4. The van der Waals surface area contributed by atoms with E-state index in [2.05, 4.69) is 37.2 Å². The zero-order chi connectivity index (χ0) is 24.5. The van der Waals surface area contributed by atoms with Crippen LogP contribution in [0.4, 0.5) is 17.2 Å². The number of rotatable bonds is 5. The molecule has 1 aliphatic rings. The van der Waals surface area contributed by atoms with E-state index in [-0.39, 0.29) is 5.91 Å². The molecule has 1 N–H and O–H groups in total. The molecule has 0 radical (unpaired) electrons. The number of ether oxygens (including phenoxy) is 1. The minimum Gasteiger partial charge on any atom is -0.497 e. The van der Waals surface area contributed by atoms with E-state index in [1.54, 1.807) is 13.4 Å². The Morgan fingerprint density at radius 1 is 1.00 bits per heavy atom. The Labute approximate surface area is 213 Å². The number of halogens is 1. The van der Waals surface area contributed by atoms with Crippen molar-refractivity contribution in [3.05, 3.63) is 69.8 Å². The summed E-state index contributed by atoms with van der Waals surface area (Å²) in [5.74, 6) is 1.58. The lowest BCUT2D eigenvalue weighted by atomic mass is 10.1. The van der Waals surface area contributed by atoms with E-state index >= 15 is 0 Å². The van der Waals surface area contributed by atoms with E-state index in [1.807, 2.05) is 44.2 Å². The van der Waals surface area contributed by atoms with Gasteiger partial charge in [-0.3, -0.25) is 4.79 Å². The summed E-state index contributed by atoms with van der Waals surface area (Å²) >= 11 is 7.62. The molecule has 0 aliphatic carbocycles. The van der Waals surface area contributed by atoms with Crippen LogP contribution in [-0.4, -0.2) is 49.2 Å². The Morgan fingerprint density at radius 2 is 1.71 bits per heavy atom. The third-order valence-corrected chi connectivity index (χ3v) is 8.05. The number of aryl methyl sites for hydroxylation is 1. The van der Waals surface area contributed by atoms with Gasteiger partial charge in [-0.2, -0.15) is 0 Å². The number of fused-ring (bicyclic) bond motifs is 1. The summed E-state index contributed by atoms with van der Waals surface area (Å²) in [6, 6.07) is 13.7. The molecule has 0 spiro atoms. The summed E-state index contributed by atoms with van der Waals surface area (Å²) in [6.45, 7) is 7.28. The van der Waals surface area contributed by atoms with E-state index in [1.165, 1.54) is 17.0 Å². The third-order valence-electron chi connectivity index (χ3n) is 6.45. The zero-order valence-corrected chi connectivity index (χ0v) is 21.4. The molecule has 35 heavy (non-hydrogen) atoms. The average Bonchev–Trinajstić information content (AvgIpc) is 3.24. The van der Waals surface area contributed by atoms with Crippen LogP contribution < -0.4 is 19.9 Å². The van der Waals surface area contributed by atoms with Crippen molar-refractivity contribution < 1.29 is 9.53 Å². The van der Waals surface area contributed by atoms with E-state index in [9.17, 15) is 4.79 Å². The van der Waals surface area contributed by atoms with E-state index in [0.717, 1.165) is 59.1 Å². The van der Waals surface area contributed by atoms with Crippen molar-refractivity contribution in [2.24, 2.45) is 0 Å². The van der Waals surface area contributed by atoms with Gasteiger partial charge in [-0.05, 0) is 61.4 Å². The number of nitrogens with one attached hydrogen (secondary N) is 1. The van der Waals surface area contributed by atoms with Gasteiger partial charge >= 0.3 is 0 Å². The fourth-order valence-corrected chi connectivity index (χ4v) is 5.61. The number of methoxy groups -OCH3 is 1. The SMILES string of the molecule is COc1ccc(N2CCN(c3ncnc4sc(C(=O)Nc5cccc(Cl)c5C)c(C)c34)CC2)cc1. The van der Waals surface area contributed by atoms with Crippen molar-refractivity contribution in [3.8, 4) is 5.75 Å². The molecule has 7 nitrogen and oxygen atoms in total. The molecular weight excluding hydrogens is 482 g/mol. The van der Waals surface area contributed by atoms with Crippen LogP contribution in [0.3, 0.4) is 0 Å². The second-order valence-corrected chi connectivity index (χ2v) is 9.88. The van der Waals surface area contributed by atoms with Crippen molar-refractivity contribution >= 4 is 56.3 Å². The Morgan fingerprint density at radius 3 is 2.43 bits per heavy atom. The minimum atomic E-state index is -0.161. The molecule has 0 atom stereocenters. The molecule has 1 amide bonds. The molecule has 0 saturated carbocycles. The molecule has 180 valence electrons. The number of hydrogen-bond acceptors (Lipinski definition) is 7. The predicted molar refractivity (Wildman–Crippen MR) is 144 cm³/mol. The van der Waals surface area contributed by atoms with Crippen LogP contribution in [0.15, 0.2) is 48.8 Å². The maximum absolute atomic E-state index is 13.2. The summed E-state index contributed by atoms with van der Waals surface area (Å²) in [6.07, 6.45) is 1.59. The summed E-state index contributed by atoms with van der Waals surface area (Å²) < 4.78 is 5.27. The minimum absolute atomic E-state index is 0.161. The van der Waals surface area contributed by atoms with Gasteiger partial charge < -0.3 is 19.9 Å². The number of carbonyl (C=O) groups excluding carboxylic acids is 1. The molecule has 5 rings (SSSR count). The van der Waals surface area contributed by atoms with Crippen molar-refractivity contribution in [2.75, 3.05) is 48.4 Å². The summed E-state index contributed by atoms with van der Waals surface area (Å²) in [5.41, 5.74) is 3.63. The first kappa shape index (κ1) is 23.4. The van der Waals surface area contributed by atoms with Crippen molar-refractivity contribution in [1.82, 2.24) is 9.97 Å². The van der Waals surface area contributed by atoms with Gasteiger partial charge in [0.15, 0.2) is 0 Å². The molecule has 4 aromatic rings. The van der Waals surface area contributed by atoms with Gasteiger partial charge in [0.25, 0.3) is 5.91 Å². The van der Waals surface area contributed by atoms with Crippen molar-refractivity contribution in [3.63, 3.8) is 0 Å². The van der Waals surface area contributed by atoms with Gasteiger partial charge in [-0.15, -0.1) is 11.3 Å². The molecule has 0 bridgehead atoms. The highest BCUT2D eigenvalue weighted by Crippen LogP contribution is 2.36. The lowest BCUT2D eigenvalue weighted by Gasteiger charge is -2.37. The number of thiophene rings is 1. The van der Waals surface area contributed by atoms with Crippen LogP contribution in [0.5, 0.6) is 5.75 Å². The predicted octanol–water partition coefficient (Wildman–Crippen LogP) is 5.55. The first-order valence-corrected chi connectivity index (χ1v) is 12.6. The lowest BCUT2D eigenvalue weighted by Crippen LogP contribution is -2.46. The van der Waals surface area contributed by atoms with E-state index in [0.29, 0.717) is 15.6 Å². The number of nitrogens with zero attached hydrogens (tertiary/aromatic N) is 4. The van der Waals surface area contributed by atoms with Gasteiger partial charge in [-0.1, -0.05) is 17.7 Å². The number of anilines is 3. The van der Waals surface area contributed by atoms with Gasteiger partial charge in [0, 0.05) is 42.6 Å². The van der Waals surface area contributed by atoms with Gasteiger partial charge in [0.1, 0.15) is 22.7 Å². The second kappa shape index (κ2) is 9.71. The fraction of sp³-hybridized carbons (Fsp3) is 0.269. The molecule has 1 fully saturated rings. The molecule has 1 saturated heterocycles. The molecular formula is C26H26ClN5O2S. The molecule has 9 heteroatoms. The third kappa shape index (κ3) is 4.51. The maximum atomic E-state index is 13.2. The van der Waals surface area contributed by atoms with Crippen LogP contribution >= 0.6 is 22.9 Å². The van der Waals surface area contributed by atoms with E-state index < -0.39 is 0 Å². The second-order valence-electron chi connectivity index (χ2n) is 8.47. The first-order chi connectivity index (χ1) is 17.0. The number of benzene rings is 2.